The Hall–Kier alpha value is -3.84. The lowest BCUT2D eigenvalue weighted by molar-refractivity contribution is 0.589. The van der Waals surface area contributed by atoms with Crippen molar-refractivity contribution < 1.29 is 9.13 Å². The quantitative estimate of drug-likeness (QED) is 0.239. The van der Waals surface area contributed by atoms with Gasteiger partial charge in [0.15, 0.2) is 0 Å². The SMILES string of the molecule is O=P(Nc1ccccc1)(c1ccccc1)c1ccc(P(=O)(Nc2ccccc2)c2ccccc2)cc1. The summed E-state index contributed by atoms with van der Waals surface area (Å²) in [5, 5.41) is 9.26. The predicted molar refractivity (Wildman–Crippen MR) is 153 cm³/mol. The van der Waals surface area contributed by atoms with Crippen molar-refractivity contribution in [3.05, 3.63) is 146 Å². The summed E-state index contributed by atoms with van der Waals surface area (Å²) in [6.45, 7) is 0. The highest BCUT2D eigenvalue weighted by Crippen LogP contribution is 2.46. The van der Waals surface area contributed by atoms with Gasteiger partial charge in [-0.05, 0) is 72.8 Å². The van der Waals surface area contributed by atoms with Gasteiger partial charge in [0.1, 0.15) is 0 Å². The average Bonchev–Trinajstić information content (AvgIpc) is 2.95. The topological polar surface area (TPSA) is 58.2 Å². The van der Waals surface area contributed by atoms with E-state index >= 15 is 0 Å². The van der Waals surface area contributed by atoms with E-state index < -0.39 is 14.6 Å². The van der Waals surface area contributed by atoms with E-state index in [1.165, 1.54) is 0 Å². The summed E-state index contributed by atoms with van der Waals surface area (Å²) in [6.07, 6.45) is 0. The summed E-state index contributed by atoms with van der Waals surface area (Å²) in [7, 11) is -6.43. The van der Waals surface area contributed by atoms with E-state index in [4.69, 9.17) is 0 Å². The summed E-state index contributed by atoms with van der Waals surface area (Å²) in [5.74, 6) is 0. The van der Waals surface area contributed by atoms with E-state index in [0.717, 1.165) is 11.4 Å². The van der Waals surface area contributed by atoms with E-state index in [2.05, 4.69) is 10.2 Å². The van der Waals surface area contributed by atoms with Gasteiger partial charge in [-0.2, -0.15) is 0 Å². The molecule has 2 N–H and O–H groups in total. The van der Waals surface area contributed by atoms with E-state index in [9.17, 15) is 9.13 Å². The molecule has 0 aromatic heterocycles. The van der Waals surface area contributed by atoms with E-state index in [0.29, 0.717) is 21.2 Å². The summed E-state index contributed by atoms with van der Waals surface area (Å²) >= 11 is 0. The molecule has 36 heavy (non-hydrogen) atoms. The Labute approximate surface area is 211 Å². The summed E-state index contributed by atoms with van der Waals surface area (Å²) in [4.78, 5) is 0. The monoisotopic (exact) mass is 508 g/mol. The van der Waals surface area contributed by atoms with Gasteiger partial charge < -0.3 is 10.2 Å². The van der Waals surface area contributed by atoms with Crippen LogP contribution in [0.4, 0.5) is 11.4 Å². The van der Waals surface area contributed by atoms with Gasteiger partial charge in [0, 0.05) is 32.6 Å². The number of hydrogen-bond acceptors (Lipinski definition) is 2. The molecule has 5 rings (SSSR count). The molecule has 0 saturated carbocycles. The second-order valence-electron chi connectivity index (χ2n) is 8.36. The first-order valence-electron chi connectivity index (χ1n) is 11.7. The van der Waals surface area contributed by atoms with Crippen molar-refractivity contribution in [3.8, 4) is 0 Å². The molecule has 2 atom stereocenters. The zero-order valence-electron chi connectivity index (χ0n) is 19.6. The molecule has 0 aliphatic rings. The van der Waals surface area contributed by atoms with Crippen LogP contribution in [0.5, 0.6) is 0 Å². The highest BCUT2D eigenvalue weighted by molar-refractivity contribution is 7.80. The lowest BCUT2D eigenvalue weighted by Crippen LogP contribution is -2.25. The van der Waals surface area contributed by atoms with Crippen LogP contribution in [0.3, 0.4) is 0 Å². The lowest BCUT2D eigenvalue weighted by Gasteiger charge is -2.24. The van der Waals surface area contributed by atoms with Crippen molar-refractivity contribution in [1.82, 2.24) is 0 Å². The Kier molecular flexibility index (Phi) is 6.91. The normalized spacial score (nSPS) is 14.2. The van der Waals surface area contributed by atoms with Gasteiger partial charge in [-0.3, -0.25) is 9.13 Å². The third kappa shape index (κ3) is 4.93. The van der Waals surface area contributed by atoms with Crippen molar-refractivity contribution in [3.63, 3.8) is 0 Å². The Bertz CT molecular complexity index is 1390. The molecule has 0 saturated heterocycles. The van der Waals surface area contributed by atoms with Gasteiger partial charge >= 0.3 is 0 Å². The van der Waals surface area contributed by atoms with E-state index in [-0.39, 0.29) is 0 Å². The van der Waals surface area contributed by atoms with E-state index in [1.54, 1.807) is 0 Å². The van der Waals surface area contributed by atoms with Gasteiger partial charge in [0.05, 0.1) is 0 Å². The number of nitrogens with one attached hydrogen (secondary N) is 2. The molecule has 6 heteroatoms. The van der Waals surface area contributed by atoms with E-state index in [1.807, 2.05) is 146 Å². The number of para-hydroxylation sites is 2. The van der Waals surface area contributed by atoms with Crippen LogP contribution in [-0.2, 0) is 9.13 Å². The van der Waals surface area contributed by atoms with Crippen LogP contribution < -0.4 is 31.4 Å². The van der Waals surface area contributed by atoms with Crippen LogP contribution in [0.2, 0.25) is 0 Å². The highest BCUT2D eigenvalue weighted by atomic mass is 31.2. The van der Waals surface area contributed by atoms with Crippen molar-refractivity contribution in [2.75, 3.05) is 10.2 Å². The third-order valence-corrected chi connectivity index (χ3v) is 11.2. The molecule has 0 heterocycles. The fourth-order valence-corrected chi connectivity index (χ4v) is 8.55. The molecule has 0 spiro atoms. The molecule has 0 aliphatic carbocycles. The van der Waals surface area contributed by atoms with Crippen molar-refractivity contribution in [1.29, 1.82) is 0 Å². The molecule has 5 aromatic carbocycles. The summed E-state index contributed by atoms with van der Waals surface area (Å²) in [6, 6.07) is 45.2. The van der Waals surface area contributed by atoms with Gasteiger partial charge in [-0.15, -0.1) is 0 Å². The van der Waals surface area contributed by atoms with Gasteiger partial charge in [-0.1, -0.05) is 72.8 Å². The molecule has 178 valence electrons. The highest BCUT2D eigenvalue weighted by Gasteiger charge is 2.31. The maximum Gasteiger partial charge on any atom is 0.227 e. The van der Waals surface area contributed by atoms with Crippen molar-refractivity contribution >= 4 is 47.2 Å². The van der Waals surface area contributed by atoms with Crippen LogP contribution in [-0.4, -0.2) is 0 Å². The largest absolute Gasteiger partial charge is 0.329 e. The molecule has 4 nitrogen and oxygen atoms in total. The van der Waals surface area contributed by atoms with Gasteiger partial charge in [0.25, 0.3) is 0 Å². The molecule has 0 radical (unpaired) electrons. The van der Waals surface area contributed by atoms with Crippen molar-refractivity contribution in [2.24, 2.45) is 0 Å². The molecular weight excluding hydrogens is 482 g/mol. The van der Waals surface area contributed by atoms with Crippen LogP contribution in [0.25, 0.3) is 0 Å². The predicted octanol–water partition coefficient (Wildman–Crippen LogP) is 6.37. The first-order valence-corrected chi connectivity index (χ1v) is 15.1. The van der Waals surface area contributed by atoms with Gasteiger partial charge in [0.2, 0.25) is 14.6 Å². The van der Waals surface area contributed by atoms with Crippen LogP contribution >= 0.6 is 14.6 Å². The summed E-state index contributed by atoms with van der Waals surface area (Å²) in [5.41, 5.74) is 1.55. The Balaban J connectivity index is 1.57. The fourth-order valence-electron chi connectivity index (χ4n) is 4.09. The zero-order chi connectivity index (χ0) is 24.8. The second-order valence-corrected chi connectivity index (χ2v) is 13.3. The standard InChI is InChI=1S/C30H26N2O2P2/c33-35(27-17-9-3-10-18-27,31-25-13-5-1-6-14-25)29-21-23-30(24-22-29)36(34,28-19-11-4-12-20-28)32-26-15-7-2-8-16-26/h1-24H,(H,31,33)(H,32,34). The third-order valence-electron chi connectivity index (χ3n) is 5.94. The molecule has 0 amide bonds. The minimum atomic E-state index is -3.22. The number of rotatable bonds is 8. The Morgan fingerprint density at radius 2 is 0.583 bits per heavy atom. The molecule has 0 bridgehead atoms. The number of benzene rings is 5. The molecule has 2 unspecified atom stereocenters. The molecule has 0 aliphatic heterocycles. The Morgan fingerprint density at radius 3 is 0.889 bits per heavy atom. The number of anilines is 2. The minimum Gasteiger partial charge on any atom is -0.329 e. The average molecular weight is 508 g/mol. The number of hydrogen-bond donors (Lipinski definition) is 2. The molecular formula is C30H26N2O2P2. The van der Waals surface area contributed by atoms with Crippen LogP contribution in [0.1, 0.15) is 0 Å². The Morgan fingerprint density at radius 1 is 0.333 bits per heavy atom. The molecule has 0 fully saturated rings. The smallest absolute Gasteiger partial charge is 0.227 e. The summed E-state index contributed by atoms with van der Waals surface area (Å²) < 4.78 is 29.0. The maximum absolute atomic E-state index is 14.5. The molecule has 5 aromatic rings. The minimum absolute atomic E-state index is 0.639. The van der Waals surface area contributed by atoms with Crippen molar-refractivity contribution in [2.45, 2.75) is 0 Å². The fraction of sp³-hybridized carbons (Fsp3) is 0. The lowest BCUT2D eigenvalue weighted by atomic mass is 10.3. The van der Waals surface area contributed by atoms with Crippen LogP contribution in [0.15, 0.2) is 146 Å². The second kappa shape index (κ2) is 10.4. The first kappa shape index (κ1) is 23.9. The van der Waals surface area contributed by atoms with Crippen LogP contribution in [0, 0.1) is 0 Å². The first-order chi connectivity index (χ1) is 17.6. The zero-order valence-corrected chi connectivity index (χ0v) is 21.4. The van der Waals surface area contributed by atoms with Gasteiger partial charge in [-0.25, -0.2) is 0 Å². The maximum atomic E-state index is 14.5.